The fourth-order valence-electron chi connectivity index (χ4n) is 1.01. The Kier molecular flexibility index (Phi) is 3.88. The van der Waals surface area contributed by atoms with Gasteiger partial charge in [-0.15, -0.1) is 0 Å². The Morgan fingerprint density at radius 2 is 2.43 bits per heavy atom. The van der Waals surface area contributed by atoms with Gasteiger partial charge in [-0.3, -0.25) is 4.79 Å². The minimum absolute atomic E-state index is 0.0944. The van der Waals surface area contributed by atoms with Crippen molar-refractivity contribution in [1.82, 2.24) is 4.98 Å². The standard InChI is InChI=1S/C9H11BrN2O2/c1-6-4-7(10)5-12-9(6)11-3-2-8(13)14/h4-5H,2-3H2,1H3,(H,11,12)(H,13,14). The Hall–Kier alpha value is -1.10. The lowest BCUT2D eigenvalue weighted by Crippen LogP contribution is -2.09. The third-order valence-electron chi connectivity index (χ3n) is 1.68. The molecule has 76 valence electrons. The second kappa shape index (κ2) is 4.95. The largest absolute Gasteiger partial charge is 0.481 e. The lowest BCUT2D eigenvalue weighted by molar-refractivity contribution is -0.136. The number of hydrogen-bond acceptors (Lipinski definition) is 3. The van der Waals surface area contributed by atoms with E-state index in [-0.39, 0.29) is 6.42 Å². The number of aliphatic carboxylic acids is 1. The lowest BCUT2D eigenvalue weighted by atomic mass is 10.3. The predicted molar refractivity (Wildman–Crippen MR) is 57.4 cm³/mol. The van der Waals surface area contributed by atoms with Crippen LogP contribution in [0.2, 0.25) is 0 Å². The Labute approximate surface area is 90.5 Å². The summed E-state index contributed by atoms with van der Waals surface area (Å²) in [4.78, 5) is 14.4. The van der Waals surface area contributed by atoms with E-state index in [0.29, 0.717) is 6.54 Å². The molecule has 0 radical (unpaired) electrons. The third-order valence-corrected chi connectivity index (χ3v) is 2.11. The van der Waals surface area contributed by atoms with E-state index in [0.717, 1.165) is 15.9 Å². The summed E-state index contributed by atoms with van der Waals surface area (Å²) in [6, 6.07) is 1.93. The summed E-state index contributed by atoms with van der Waals surface area (Å²) in [6.45, 7) is 2.31. The zero-order valence-corrected chi connectivity index (χ0v) is 9.34. The average molecular weight is 259 g/mol. The highest BCUT2D eigenvalue weighted by Crippen LogP contribution is 2.16. The molecule has 0 unspecified atom stereocenters. The third kappa shape index (κ3) is 3.33. The van der Waals surface area contributed by atoms with Crippen LogP contribution in [0.4, 0.5) is 5.82 Å². The van der Waals surface area contributed by atoms with Crippen molar-refractivity contribution < 1.29 is 9.90 Å². The molecule has 5 heteroatoms. The predicted octanol–water partition coefficient (Wildman–Crippen LogP) is 2.04. The van der Waals surface area contributed by atoms with E-state index in [1.807, 2.05) is 13.0 Å². The first-order chi connectivity index (χ1) is 6.59. The van der Waals surface area contributed by atoms with E-state index in [2.05, 4.69) is 26.2 Å². The maximum atomic E-state index is 10.3. The quantitative estimate of drug-likeness (QED) is 0.868. The normalized spacial score (nSPS) is 9.86. The number of carbonyl (C=O) groups is 1. The molecule has 0 amide bonds. The van der Waals surface area contributed by atoms with Crippen LogP contribution < -0.4 is 5.32 Å². The van der Waals surface area contributed by atoms with Crippen molar-refractivity contribution in [3.8, 4) is 0 Å². The Bertz CT molecular complexity index is 342. The van der Waals surface area contributed by atoms with Crippen LogP contribution in [0.5, 0.6) is 0 Å². The molecule has 0 aliphatic heterocycles. The minimum atomic E-state index is -0.813. The first-order valence-corrected chi connectivity index (χ1v) is 4.96. The van der Waals surface area contributed by atoms with Gasteiger partial charge in [0.2, 0.25) is 0 Å². The molecule has 0 spiro atoms. The van der Waals surface area contributed by atoms with E-state index in [4.69, 9.17) is 5.11 Å². The topological polar surface area (TPSA) is 62.2 Å². The lowest BCUT2D eigenvalue weighted by Gasteiger charge is -2.06. The number of pyridine rings is 1. The maximum Gasteiger partial charge on any atom is 0.305 e. The molecular weight excluding hydrogens is 248 g/mol. The number of anilines is 1. The highest BCUT2D eigenvalue weighted by atomic mass is 79.9. The molecule has 0 aromatic carbocycles. The van der Waals surface area contributed by atoms with Crippen LogP contribution in [0.25, 0.3) is 0 Å². The summed E-state index contributed by atoms with van der Waals surface area (Å²) in [5.74, 6) is -0.0817. The first-order valence-electron chi connectivity index (χ1n) is 4.17. The minimum Gasteiger partial charge on any atom is -0.481 e. The molecule has 1 heterocycles. The fourth-order valence-corrected chi connectivity index (χ4v) is 1.46. The SMILES string of the molecule is Cc1cc(Br)cnc1NCCC(=O)O. The smallest absolute Gasteiger partial charge is 0.305 e. The molecule has 0 aliphatic carbocycles. The number of rotatable bonds is 4. The number of carboxylic acid groups (broad SMARTS) is 1. The van der Waals surface area contributed by atoms with Gasteiger partial charge in [0, 0.05) is 17.2 Å². The first kappa shape index (κ1) is 11.0. The van der Waals surface area contributed by atoms with Crippen molar-refractivity contribution >= 4 is 27.7 Å². The van der Waals surface area contributed by atoms with Crippen molar-refractivity contribution in [3.63, 3.8) is 0 Å². The van der Waals surface area contributed by atoms with Gasteiger partial charge < -0.3 is 10.4 Å². The van der Waals surface area contributed by atoms with Gasteiger partial charge in [-0.2, -0.15) is 0 Å². The van der Waals surface area contributed by atoms with E-state index in [9.17, 15) is 4.79 Å². The Morgan fingerprint density at radius 3 is 3.00 bits per heavy atom. The summed E-state index contributed by atoms with van der Waals surface area (Å²) < 4.78 is 0.916. The van der Waals surface area contributed by atoms with Crippen LogP contribution in [0, 0.1) is 6.92 Å². The van der Waals surface area contributed by atoms with Gasteiger partial charge in [0.25, 0.3) is 0 Å². The number of nitrogens with one attached hydrogen (secondary N) is 1. The maximum absolute atomic E-state index is 10.3. The molecule has 0 saturated heterocycles. The molecule has 0 saturated carbocycles. The van der Waals surface area contributed by atoms with Gasteiger partial charge in [0.15, 0.2) is 0 Å². The van der Waals surface area contributed by atoms with Crippen molar-refractivity contribution in [2.24, 2.45) is 0 Å². The molecule has 0 fully saturated rings. The molecule has 2 N–H and O–H groups in total. The summed E-state index contributed by atoms with van der Waals surface area (Å²) >= 11 is 3.30. The van der Waals surface area contributed by atoms with Gasteiger partial charge in [-0.05, 0) is 34.5 Å². The summed E-state index contributed by atoms with van der Waals surface area (Å²) in [6.07, 6.45) is 1.77. The second-order valence-electron chi connectivity index (χ2n) is 2.89. The van der Waals surface area contributed by atoms with Crippen LogP contribution in [0.1, 0.15) is 12.0 Å². The van der Waals surface area contributed by atoms with Gasteiger partial charge in [-0.1, -0.05) is 0 Å². The van der Waals surface area contributed by atoms with Crippen LogP contribution in [0.3, 0.4) is 0 Å². The Morgan fingerprint density at radius 1 is 1.71 bits per heavy atom. The Balaban J connectivity index is 2.55. The zero-order valence-electron chi connectivity index (χ0n) is 7.75. The van der Waals surface area contributed by atoms with Gasteiger partial charge >= 0.3 is 5.97 Å². The number of nitrogens with zero attached hydrogens (tertiary/aromatic N) is 1. The van der Waals surface area contributed by atoms with E-state index < -0.39 is 5.97 Å². The average Bonchev–Trinajstić information content (AvgIpc) is 2.08. The monoisotopic (exact) mass is 258 g/mol. The molecule has 1 aromatic rings. The summed E-state index contributed by atoms with van der Waals surface area (Å²) in [5, 5.41) is 11.4. The fraction of sp³-hybridized carbons (Fsp3) is 0.333. The summed E-state index contributed by atoms with van der Waals surface area (Å²) in [7, 11) is 0. The van der Waals surface area contributed by atoms with Gasteiger partial charge in [0.05, 0.1) is 6.42 Å². The van der Waals surface area contributed by atoms with Crippen molar-refractivity contribution in [2.45, 2.75) is 13.3 Å². The zero-order chi connectivity index (χ0) is 10.6. The van der Waals surface area contributed by atoms with Crippen LogP contribution in [0.15, 0.2) is 16.7 Å². The van der Waals surface area contributed by atoms with Crippen molar-refractivity contribution in [2.75, 3.05) is 11.9 Å². The highest BCUT2D eigenvalue weighted by molar-refractivity contribution is 9.10. The van der Waals surface area contributed by atoms with Crippen LogP contribution in [-0.2, 0) is 4.79 Å². The van der Waals surface area contributed by atoms with E-state index >= 15 is 0 Å². The van der Waals surface area contributed by atoms with Crippen molar-refractivity contribution in [1.29, 1.82) is 0 Å². The number of hydrogen-bond donors (Lipinski definition) is 2. The summed E-state index contributed by atoms with van der Waals surface area (Å²) in [5.41, 5.74) is 0.991. The number of aromatic nitrogens is 1. The van der Waals surface area contributed by atoms with Crippen LogP contribution >= 0.6 is 15.9 Å². The number of halogens is 1. The molecule has 0 bridgehead atoms. The molecule has 1 rings (SSSR count). The molecular formula is C9H11BrN2O2. The number of aryl methyl sites for hydroxylation is 1. The second-order valence-corrected chi connectivity index (χ2v) is 3.81. The van der Waals surface area contributed by atoms with Gasteiger partial charge in [0.1, 0.15) is 5.82 Å². The number of carboxylic acids is 1. The molecule has 1 aromatic heterocycles. The van der Waals surface area contributed by atoms with Gasteiger partial charge in [-0.25, -0.2) is 4.98 Å². The molecule has 14 heavy (non-hydrogen) atoms. The van der Waals surface area contributed by atoms with E-state index in [1.54, 1.807) is 6.20 Å². The van der Waals surface area contributed by atoms with Crippen molar-refractivity contribution in [3.05, 3.63) is 22.3 Å². The molecule has 0 aliphatic rings. The highest BCUT2D eigenvalue weighted by Gasteiger charge is 2.01. The molecule has 0 atom stereocenters. The van der Waals surface area contributed by atoms with Crippen LogP contribution in [-0.4, -0.2) is 22.6 Å². The van der Waals surface area contributed by atoms with E-state index in [1.165, 1.54) is 0 Å². The molecule has 4 nitrogen and oxygen atoms in total.